The number of piperidine rings is 1. The summed E-state index contributed by atoms with van der Waals surface area (Å²) in [5, 5.41) is 2.89. The highest BCUT2D eigenvalue weighted by Crippen LogP contribution is 2.35. The van der Waals surface area contributed by atoms with Crippen molar-refractivity contribution in [2.24, 2.45) is 11.8 Å². The van der Waals surface area contributed by atoms with Crippen LogP contribution in [0.15, 0.2) is 30.3 Å². The van der Waals surface area contributed by atoms with E-state index in [4.69, 9.17) is 4.74 Å². The van der Waals surface area contributed by atoms with Crippen molar-refractivity contribution in [3.8, 4) is 0 Å². The highest BCUT2D eigenvalue weighted by atomic mass is 16.6. The highest BCUT2D eigenvalue weighted by Gasteiger charge is 2.44. The van der Waals surface area contributed by atoms with Gasteiger partial charge in [0, 0.05) is 6.42 Å². The number of hydrogen-bond donors (Lipinski definition) is 1. The molecule has 3 rings (SSSR count). The molecule has 6 heteroatoms. The number of amides is 3. The molecular weight excluding hydrogens is 284 g/mol. The molecule has 0 bridgehead atoms. The zero-order chi connectivity index (χ0) is 15.7. The molecule has 0 aliphatic carbocycles. The van der Waals surface area contributed by atoms with E-state index in [2.05, 4.69) is 5.32 Å². The third-order valence-corrected chi connectivity index (χ3v) is 4.27. The van der Waals surface area contributed by atoms with Crippen molar-refractivity contribution < 1.29 is 19.1 Å². The van der Waals surface area contributed by atoms with Gasteiger partial charge in [0.05, 0.1) is 18.5 Å². The maximum absolute atomic E-state index is 12.8. The zero-order valence-electron chi connectivity index (χ0n) is 12.3. The average Bonchev–Trinajstić information content (AvgIpc) is 2.93. The highest BCUT2D eigenvalue weighted by molar-refractivity contribution is 5.96. The Morgan fingerprint density at radius 1 is 1.27 bits per heavy atom. The van der Waals surface area contributed by atoms with Gasteiger partial charge >= 0.3 is 6.09 Å². The molecule has 1 aromatic rings. The molecule has 2 heterocycles. The number of carbonyl (C=O) groups excluding carboxylic acids is 3. The van der Waals surface area contributed by atoms with Crippen molar-refractivity contribution >= 4 is 17.9 Å². The van der Waals surface area contributed by atoms with Gasteiger partial charge in [-0.25, -0.2) is 9.69 Å². The summed E-state index contributed by atoms with van der Waals surface area (Å²) < 4.78 is 4.85. The lowest BCUT2D eigenvalue weighted by molar-refractivity contribution is -0.139. The zero-order valence-corrected chi connectivity index (χ0v) is 12.3. The van der Waals surface area contributed by atoms with E-state index < -0.39 is 18.1 Å². The van der Waals surface area contributed by atoms with Crippen LogP contribution < -0.4 is 5.32 Å². The Hall–Kier alpha value is -2.37. The maximum Gasteiger partial charge on any atom is 0.416 e. The van der Waals surface area contributed by atoms with Gasteiger partial charge in [0.1, 0.15) is 6.61 Å². The van der Waals surface area contributed by atoms with Gasteiger partial charge in [0.2, 0.25) is 11.8 Å². The van der Waals surface area contributed by atoms with Crippen molar-refractivity contribution in [1.82, 2.24) is 10.2 Å². The molecule has 3 amide bonds. The Morgan fingerprint density at radius 2 is 2.00 bits per heavy atom. The fourth-order valence-corrected chi connectivity index (χ4v) is 3.18. The number of cyclic esters (lactones) is 1. The standard InChI is InChI=1S/C16H18N2O4/c1-10-9-12(19)17-14(11-5-3-2-4-6-11)13(10)15(20)18-7-8-22-16(18)21/h2-6,10,13-14H,7-9H2,1H3,(H,17,19)/t10-,13+,14+/m0/s1. The largest absolute Gasteiger partial charge is 0.447 e. The number of nitrogens with zero attached hydrogens (tertiary/aromatic N) is 1. The van der Waals surface area contributed by atoms with Crippen LogP contribution in [-0.4, -0.2) is 36.0 Å². The molecule has 0 spiro atoms. The van der Waals surface area contributed by atoms with E-state index in [9.17, 15) is 14.4 Å². The van der Waals surface area contributed by atoms with Crippen molar-refractivity contribution in [3.63, 3.8) is 0 Å². The second-order valence-electron chi connectivity index (χ2n) is 5.77. The molecule has 6 nitrogen and oxygen atoms in total. The Labute approximate surface area is 128 Å². The summed E-state index contributed by atoms with van der Waals surface area (Å²) in [7, 11) is 0. The molecule has 116 valence electrons. The van der Waals surface area contributed by atoms with Crippen LogP contribution in [0.25, 0.3) is 0 Å². The molecule has 0 aromatic heterocycles. The third kappa shape index (κ3) is 2.56. The molecule has 1 N–H and O–H groups in total. The van der Waals surface area contributed by atoms with Crippen LogP contribution in [-0.2, 0) is 14.3 Å². The van der Waals surface area contributed by atoms with E-state index in [0.717, 1.165) is 10.5 Å². The predicted molar refractivity (Wildman–Crippen MR) is 77.7 cm³/mol. The van der Waals surface area contributed by atoms with E-state index in [1.807, 2.05) is 37.3 Å². The van der Waals surface area contributed by atoms with E-state index >= 15 is 0 Å². The van der Waals surface area contributed by atoms with Crippen LogP contribution in [0.4, 0.5) is 4.79 Å². The summed E-state index contributed by atoms with van der Waals surface area (Å²) in [6.45, 7) is 2.38. The van der Waals surface area contributed by atoms with Gasteiger partial charge in [0.15, 0.2) is 0 Å². The number of ether oxygens (including phenoxy) is 1. The maximum atomic E-state index is 12.8. The molecule has 2 aliphatic heterocycles. The first-order valence-electron chi connectivity index (χ1n) is 7.40. The van der Waals surface area contributed by atoms with Gasteiger partial charge in [-0.05, 0) is 11.5 Å². The number of imide groups is 1. The minimum Gasteiger partial charge on any atom is -0.447 e. The SMILES string of the molecule is C[C@H]1CC(=O)N[C@H](c2ccccc2)[C@@H]1C(=O)N1CCOC1=O. The molecule has 0 saturated carbocycles. The second kappa shape index (κ2) is 5.79. The first-order valence-corrected chi connectivity index (χ1v) is 7.40. The molecule has 3 atom stereocenters. The van der Waals surface area contributed by atoms with E-state index in [-0.39, 0.29) is 37.3 Å². The molecule has 22 heavy (non-hydrogen) atoms. The monoisotopic (exact) mass is 302 g/mol. The Kier molecular flexibility index (Phi) is 3.83. The van der Waals surface area contributed by atoms with Crippen molar-refractivity contribution in [1.29, 1.82) is 0 Å². The fourth-order valence-electron chi connectivity index (χ4n) is 3.18. The summed E-state index contributed by atoms with van der Waals surface area (Å²) in [6, 6.07) is 8.96. The lowest BCUT2D eigenvalue weighted by Gasteiger charge is -2.37. The molecule has 2 aliphatic rings. The predicted octanol–water partition coefficient (Wildman–Crippen LogP) is 1.48. The number of nitrogens with one attached hydrogen (secondary N) is 1. The Balaban J connectivity index is 1.92. The van der Waals surface area contributed by atoms with E-state index in [1.54, 1.807) is 0 Å². The number of hydrogen-bond acceptors (Lipinski definition) is 4. The van der Waals surface area contributed by atoms with E-state index in [0.29, 0.717) is 0 Å². The van der Waals surface area contributed by atoms with Crippen LogP contribution in [0.1, 0.15) is 24.9 Å². The first kappa shape index (κ1) is 14.6. The van der Waals surface area contributed by atoms with Gasteiger partial charge in [-0.2, -0.15) is 0 Å². The summed E-state index contributed by atoms with van der Waals surface area (Å²) in [6.07, 6.45) is -0.316. The molecule has 1 aromatic carbocycles. The van der Waals surface area contributed by atoms with Crippen LogP contribution in [0.2, 0.25) is 0 Å². The molecule has 0 radical (unpaired) electrons. The first-order chi connectivity index (χ1) is 10.6. The Bertz CT molecular complexity index is 601. The minimum absolute atomic E-state index is 0.0746. The molecular formula is C16H18N2O4. The summed E-state index contributed by atoms with van der Waals surface area (Å²) in [5.41, 5.74) is 0.869. The molecule has 0 unspecified atom stereocenters. The number of rotatable bonds is 2. The summed E-state index contributed by atoms with van der Waals surface area (Å²) in [5.74, 6) is -0.955. The smallest absolute Gasteiger partial charge is 0.416 e. The van der Waals surface area contributed by atoms with Gasteiger partial charge < -0.3 is 10.1 Å². The van der Waals surface area contributed by atoms with Gasteiger partial charge in [-0.3, -0.25) is 9.59 Å². The molecule has 2 fully saturated rings. The third-order valence-electron chi connectivity index (χ3n) is 4.27. The number of benzene rings is 1. The Morgan fingerprint density at radius 3 is 2.64 bits per heavy atom. The fraction of sp³-hybridized carbons (Fsp3) is 0.438. The van der Waals surface area contributed by atoms with Gasteiger partial charge in [0.25, 0.3) is 0 Å². The number of carbonyl (C=O) groups is 3. The average molecular weight is 302 g/mol. The summed E-state index contributed by atoms with van der Waals surface area (Å²) in [4.78, 5) is 37.5. The molecule has 2 saturated heterocycles. The minimum atomic E-state index is -0.596. The topological polar surface area (TPSA) is 75.7 Å². The van der Waals surface area contributed by atoms with Gasteiger partial charge in [-0.15, -0.1) is 0 Å². The van der Waals surface area contributed by atoms with Gasteiger partial charge in [-0.1, -0.05) is 37.3 Å². The van der Waals surface area contributed by atoms with Crippen LogP contribution >= 0.6 is 0 Å². The van der Waals surface area contributed by atoms with Crippen LogP contribution in [0, 0.1) is 11.8 Å². The van der Waals surface area contributed by atoms with Crippen molar-refractivity contribution in [3.05, 3.63) is 35.9 Å². The lowest BCUT2D eigenvalue weighted by atomic mass is 9.78. The van der Waals surface area contributed by atoms with Crippen molar-refractivity contribution in [2.75, 3.05) is 13.2 Å². The second-order valence-corrected chi connectivity index (χ2v) is 5.77. The van der Waals surface area contributed by atoms with Crippen LogP contribution in [0.3, 0.4) is 0 Å². The summed E-state index contributed by atoms with van der Waals surface area (Å²) >= 11 is 0. The lowest BCUT2D eigenvalue weighted by Crippen LogP contribution is -2.50. The van der Waals surface area contributed by atoms with Crippen molar-refractivity contribution in [2.45, 2.75) is 19.4 Å². The quantitative estimate of drug-likeness (QED) is 0.898. The van der Waals surface area contributed by atoms with E-state index in [1.165, 1.54) is 0 Å². The normalized spacial score (nSPS) is 28.2. The van der Waals surface area contributed by atoms with Crippen LogP contribution in [0.5, 0.6) is 0 Å².